The molecule has 1 amide bonds. The van der Waals surface area contributed by atoms with Gasteiger partial charge in [-0.05, 0) is 47.7 Å². The molecule has 128 valence electrons. The van der Waals surface area contributed by atoms with Gasteiger partial charge in [0.25, 0.3) is 5.91 Å². The number of rotatable bonds is 4. The molecule has 5 nitrogen and oxygen atoms in total. The minimum Gasteiger partial charge on any atom is -0.497 e. The zero-order valence-corrected chi connectivity index (χ0v) is 16.0. The number of nitrogens with one attached hydrogen (secondary N) is 1. The number of nitrogens with zero attached hydrogens (tertiary/aromatic N) is 1. The van der Waals surface area contributed by atoms with Crippen LogP contribution in [0.4, 0.5) is 5.69 Å². The Balaban J connectivity index is 1.86. The lowest BCUT2D eigenvalue weighted by Crippen LogP contribution is -2.19. The normalized spacial score (nSPS) is 17.0. The lowest BCUT2D eigenvalue weighted by molar-refractivity contribution is -0.115. The van der Waals surface area contributed by atoms with Gasteiger partial charge in [0.05, 0.1) is 19.1 Å². The molecule has 0 spiro atoms. The summed E-state index contributed by atoms with van der Waals surface area (Å²) in [5.74, 6) is 1.08. The molecule has 0 saturated carbocycles. The van der Waals surface area contributed by atoms with Crippen LogP contribution in [0, 0.1) is 0 Å². The maximum Gasteiger partial charge on any atom is 0.264 e. The van der Waals surface area contributed by atoms with Crippen molar-refractivity contribution in [3.05, 3.63) is 57.4 Å². The summed E-state index contributed by atoms with van der Waals surface area (Å²) in [6.45, 7) is 0. The molecule has 1 aliphatic rings. The number of hydrogen-bond acceptors (Lipinski definition) is 5. The first-order valence-corrected chi connectivity index (χ1v) is 8.97. The Morgan fingerprint density at radius 2 is 2.00 bits per heavy atom. The van der Waals surface area contributed by atoms with Crippen molar-refractivity contribution < 1.29 is 14.3 Å². The Bertz CT molecular complexity index is 880. The smallest absolute Gasteiger partial charge is 0.264 e. The van der Waals surface area contributed by atoms with E-state index in [4.69, 9.17) is 9.47 Å². The van der Waals surface area contributed by atoms with Gasteiger partial charge in [-0.3, -0.25) is 4.79 Å². The van der Waals surface area contributed by atoms with Crippen LogP contribution in [-0.4, -0.2) is 25.3 Å². The maximum atomic E-state index is 12.2. The second kappa shape index (κ2) is 7.76. The highest BCUT2D eigenvalue weighted by Crippen LogP contribution is 2.34. The molecule has 1 saturated heterocycles. The van der Waals surface area contributed by atoms with Gasteiger partial charge in [0.1, 0.15) is 17.2 Å². The van der Waals surface area contributed by atoms with Crippen molar-refractivity contribution in [3.8, 4) is 11.5 Å². The molecule has 0 atom stereocenters. The van der Waals surface area contributed by atoms with E-state index in [1.165, 1.54) is 11.8 Å². The number of carbonyl (C=O) groups is 1. The number of ether oxygens (including phenoxy) is 2. The molecule has 3 rings (SSSR count). The molecule has 0 radical (unpaired) electrons. The number of thioether (sulfide) groups is 1. The molecule has 1 aliphatic heterocycles. The summed E-state index contributed by atoms with van der Waals surface area (Å²) in [4.78, 5) is 17.2. The van der Waals surface area contributed by atoms with Crippen molar-refractivity contribution in [2.24, 2.45) is 4.99 Å². The molecule has 2 aromatic carbocycles. The highest BCUT2D eigenvalue weighted by molar-refractivity contribution is 9.10. The quantitative estimate of drug-likeness (QED) is 0.749. The molecule has 0 unspecified atom stereocenters. The standard InChI is InChI=1S/C18H15BrN2O3S/c1-23-13-6-7-14(15(10-13)24-2)20-18-21-17(22)16(25-18)9-11-4-3-5-12(19)8-11/h3-10H,1-2H3,(H,20,21,22)/b16-9-. The van der Waals surface area contributed by atoms with Crippen LogP contribution in [-0.2, 0) is 4.79 Å². The molecule has 1 heterocycles. The second-order valence-corrected chi connectivity index (χ2v) is 7.02. The van der Waals surface area contributed by atoms with Gasteiger partial charge in [0.15, 0.2) is 5.17 Å². The number of hydrogen-bond donors (Lipinski definition) is 1. The Morgan fingerprint density at radius 3 is 2.72 bits per heavy atom. The van der Waals surface area contributed by atoms with E-state index in [0.29, 0.717) is 27.3 Å². The lowest BCUT2D eigenvalue weighted by atomic mass is 10.2. The molecular weight excluding hydrogens is 404 g/mol. The fourth-order valence-corrected chi connectivity index (χ4v) is 3.47. The predicted octanol–water partition coefficient (Wildman–Crippen LogP) is 4.36. The SMILES string of the molecule is COc1ccc(N=C2NC(=O)/C(=C/c3cccc(Br)c3)S2)c(OC)c1. The van der Waals surface area contributed by atoms with Crippen molar-refractivity contribution in [2.45, 2.75) is 0 Å². The molecule has 0 aromatic heterocycles. The second-order valence-electron chi connectivity index (χ2n) is 5.07. The Kier molecular flexibility index (Phi) is 5.45. The number of halogens is 1. The largest absolute Gasteiger partial charge is 0.497 e. The molecule has 0 bridgehead atoms. The number of amides is 1. The van der Waals surface area contributed by atoms with E-state index in [9.17, 15) is 4.79 Å². The van der Waals surface area contributed by atoms with Gasteiger partial charge >= 0.3 is 0 Å². The van der Waals surface area contributed by atoms with E-state index in [-0.39, 0.29) is 5.91 Å². The summed E-state index contributed by atoms with van der Waals surface area (Å²) in [7, 11) is 3.16. The predicted molar refractivity (Wildman–Crippen MR) is 104 cm³/mol. The highest BCUT2D eigenvalue weighted by atomic mass is 79.9. The van der Waals surface area contributed by atoms with Gasteiger partial charge in [-0.15, -0.1) is 0 Å². The molecule has 2 aromatic rings. The van der Waals surface area contributed by atoms with Crippen LogP contribution >= 0.6 is 27.7 Å². The van der Waals surface area contributed by atoms with Gasteiger partial charge in [-0.2, -0.15) is 0 Å². The first kappa shape index (κ1) is 17.6. The van der Waals surface area contributed by atoms with Crippen molar-refractivity contribution in [1.29, 1.82) is 0 Å². The molecular formula is C18H15BrN2O3S. The summed E-state index contributed by atoms with van der Waals surface area (Å²) < 4.78 is 11.5. The van der Waals surface area contributed by atoms with E-state index in [0.717, 1.165) is 10.0 Å². The summed E-state index contributed by atoms with van der Waals surface area (Å²) in [6.07, 6.45) is 1.83. The molecule has 25 heavy (non-hydrogen) atoms. The van der Waals surface area contributed by atoms with Crippen LogP contribution in [0.15, 0.2) is 56.8 Å². The summed E-state index contributed by atoms with van der Waals surface area (Å²) in [5, 5.41) is 3.28. The van der Waals surface area contributed by atoms with Gasteiger partial charge < -0.3 is 14.8 Å². The van der Waals surface area contributed by atoms with Gasteiger partial charge in [-0.25, -0.2) is 4.99 Å². The van der Waals surface area contributed by atoms with E-state index in [1.807, 2.05) is 30.3 Å². The first-order chi connectivity index (χ1) is 12.1. The number of aliphatic imine (C=N–C) groups is 1. The van der Waals surface area contributed by atoms with E-state index < -0.39 is 0 Å². The van der Waals surface area contributed by atoms with Crippen LogP contribution in [0.5, 0.6) is 11.5 Å². The number of carbonyl (C=O) groups excluding carboxylic acids is 1. The summed E-state index contributed by atoms with van der Waals surface area (Å²) in [5.41, 5.74) is 1.56. The minimum absolute atomic E-state index is 0.170. The van der Waals surface area contributed by atoms with E-state index >= 15 is 0 Å². The fourth-order valence-electron chi connectivity index (χ4n) is 2.21. The van der Waals surface area contributed by atoms with Crippen LogP contribution in [0.2, 0.25) is 0 Å². The molecule has 1 fully saturated rings. The lowest BCUT2D eigenvalue weighted by Gasteiger charge is -2.07. The monoisotopic (exact) mass is 418 g/mol. The Hall–Kier alpha value is -2.25. The average molecular weight is 419 g/mol. The van der Waals surface area contributed by atoms with E-state index in [2.05, 4.69) is 26.2 Å². The van der Waals surface area contributed by atoms with Crippen molar-refractivity contribution in [1.82, 2.24) is 5.32 Å². The number of methoxy groups -OCH3 is 2. The third-order valence-corrected chi connectivity index (χ3v) is 4.81. The van der Waals surface area contributed by atoms with Gasteiger partial charge in [0, 0.05) is 10.5 Å². The molecule has 0 aliphatic carbocycles. The fraction of sp³-hybridized carbons (Fsp3) is 0.111. The third kappa shape index (κ3) is 4.24. The number of benzene rings is 2. The minimum atomic E-state index is -0.170. The molecule has 7 heteroatoms. The maximum absolute atomic E-state index is 12.2. The zero-order chi connectivity index (χ0) is 17.8. The van der Waals surface area contributed by atoms with Crippen molar-refractivity contribution in [2.75, 3.05) is 14.2 Å². The van der Waals surface area contributed by atoms with Crippen LogP contribution in [0.1, 0.15) is 5.56 Å². The average Bonchev–Trinajstić information content (AvgIpc) is 2.94. The molecule has 1 N–H and O–H groups in total. The highest BCUT2D eigenvalue weighted by Gasteiger charge is 2.24. The van der Waals surface area contributed by atoms with E-state index in [1.54, 1.807) is 32.4 Å². The van der Waals surface area contributed by atoms with Gasteiger partial charge in [-0.1, -0.05) is 28.1 Å². The van der Waals surface area contributed by atoms with Crippen LogP contribution in [0.25, 0.3) is 6.08 Å². The summed E-state index contributed by atoms with van der Waals surface area (Å²) in [6, 6.07) is 13.1. The van der Waals surface area contributed by atoms with Crippen molar-refractivity contribution in [3.63, 3.8) is 0 Å². The third-order valence-electron chi connectivity index (χ3n) is 3.41. The van der Waals surface area contributed by atoms with Crippen molar-refractivity contribution >= 4 is 50.5 Å². The van der Waals surface area contributed by atoms with Gasteiger partial charge in [0.2, 0.25) is 0 Å². The summed E-state index contributed by atoms with van der Waals surface area (Å²) >= 11 is 4.72. The first-order valence-electron chi connectivity index (χ1n) is 7.36. The zero-order valence-electron chi connectivity index (χ0n) is 13.6. The topological polar surface area (TPSA) is 59.9 Å². The Labute approximate surface area is 158 Å². The van der Waals surface area contributed by atoms with Crippen LogP contribution < -0.4 is 14.8 Å². The number of amidine groups is 1. The van der Waals surface area contributed by atoms with Crippen LogP contribution in [0.3, 0.4) is 0 Å². The Morgan fingerprint density at radius 1 is 1.16 bits per heavy atom.